The zero-order valence-corrected chi connectivity index (χ0v) is 13.9. The fraction of sp³-hybridized carbons (Fsp3) is 0.867. The fourth-order valence-electron chi connectivity index (χ4n) is 2.36. The van der Waals surface area contributed by atoms with Crippen LogP contribution in [0.4, 0.5) is 0 Å². The Hall–Kier alpha value is -1.14. The van der Waals surface area contributed by atoms with Crippen molar-refractivity contribution in [3.05, 3.63) is 0 Å². The maximum Gasteiger partial charge on any atom is 0.236 e. The molecule has 0 radical (unpaired) electrons. The maximum atomic E-state index is 12.1. The lowest BCUT2D eigenvalue weighted by Crippen LogP contribution is -2.52. The second-order valence-corrected chi connectivity index (χ2v) is 6.21. The minimum atomic E-state index is 0.147. The summed E-state index contributed by atoms with van der Waals surface area (Å²) < 4.78 is 0. The molecule has 21 heavy (non-hydrogen) atoms. The van der Waals surface area contributed by atoms with Gasteiger partial charge in [0.2, 0.25) is 11.8 Å². The van der Waals surface area contributed by atoms with Gasteiger partial charge in [-0.2, -0.15) is 0 Å². The van der Waals surface area contributed by atoms with Crippen LogP contribution in [0.15, 0.2) is 0 Å². The average Bonchev–Trinajstić information content (AvgIpc) is 2.42. The molecule has 0 aromatic rings. The molecule has 1 N–H and O–H groups in total. The molecule has 0 unspecified atom stereocenters. The Morgan fingerprint density at radius 3 is 2.05 bits per heavy atom. The van der Waals surface area contributed by atoms with Crippen LogP contribution in [-0.2, 0) is 9.59 Å². The molecular formula is C15H30N4O2. The van der Waals surface area contributed by atoms with Gasteiger partial charge in [0.05, 0.1) is 6.54 Å². The van der Waals surface area contributed by atoms with E-state index in [1.807, 2.05) is 28.8 Å². The number of rotatable bonds is 7. The SMILES string of the molecule is CC(C)NCCCC(=O)N1CCN(C(=O)CN(C)C)CC1. The van der Waals surface area contributed by atoms with Crippen molar-refractivity contribution in [3.8, 4) is 0 Å². The number of amides is 2. The second kappa shape index (κ2) is 9.00. The summed E-state index contributed by atoms with van der Waals surface area (Å²) >= 11 is 0. The zero-order valence-electron chi connectivity index (χ0n) is 13.9. The normalized spacial score (nSPS) is 15.9. The molecule has 6 heteroatoms. The maximum absolute atomic E-state index is 12.1. The number of nitrogens with one attached hydrogen (secondary N) is 1. The molecule has 1 rings (SSSR count). The van der Waals surface area contributed by atoms with Crippen molar-refractivity contribution >= 4 is 11.8 Å². The van der Waals surface area contributed by atoms with E-state index in [1.165, 1.54) is 0 Å². The third-order valence-corrected chi connectivity index (χ3v) is 3.56. The number of likely N-dealkylation sites (N-methyl/N-ethyl adjacent to an activating group) is 1. The summed E-state index contributed by atoms with van der Waals surface area (Å²) in [6, 6.07) is 0.464. The quantitative estimate of drug-likeness (QED) is 0.672. The molecule has 1 aliphatic heterocycles. The predicted molar refractivity (Wildman–Crippen MR) is 84.1 cm³/mol. The lowest BCUT2D eigenvalue weighted by Gasteiger charge is -2.35. The van der Waals surface area contributed by atoms with Gasteiger partial charge in [-0.3, -0.25) is 9.59 Å². The van der Waals surface area contributed by atoms with Gasteiger partial charge in [0.25, 0.3) is 0 Å². The van der Waals surface area contributed by atoms with Crippen LogP contribution in [-0.4, -0.2) is 85.9 Å². The van der Waals surface area contributed by atoms with Crippen molar-refractivity contribution < 1.29 is 9.59 Å². The van der Waals surface area contributed by atoms with Crippen LogP contribution < -0.4 is 5.32 Å². The van der Waals surface area contributed by atoms with E-state index >= 15 is 0 Å². The minimum Gasteiger partial charge on any atom is -0.339 e. The van der Waals surface area contributed by atoms with Crippen LogP contribution in [0, 0.1) is 0 Å². The van der Waals surface area contributed by atoms with Crippen molar-refractivity contribution in [3.63, 3.8) is 0 Å². The highest BCUT2D eigenvalue weighted by molar-refractivity contribution is 5.79. The van der Waals surface area contributed by atoms with Crippen molar-refractivity contribution in [2.75, 3.05) is 53.4 Å². The molecule has 0 aromatic heterocycles. The Kier molecular flexibility index (Phi) is 7.67. The van der Waals surface area contributed by atoms with Gasteiger partial charge in [0, 0.05) is 38.6 Å². The zero-order chi connectivity index (χ0) is 15.8. The van der Waals surface area contributed by atoms with Gasteiger partial charge in [-0.15, -0.1) is 0 Å². The Balaban J connectivity index is 2.22. The highest BCUT2D eigenvalue weighted by Crippen LogP contribution is 2.06. The van der Waals surface area contributed by atoms with Crippen molar-refractivity contribution in [1.82, 2.24) is 20.0 Å². The minimum absolute atomic E-state index is 0.147. The molecule has 122 valence electrons. The van der Waals surface area contributed by atoms with Gasteiger partial charge in [0.15, 0.2) is 0 Å². The summed E-state index contributed by atoms with van der Waals surface area (Å²) in [5, 5.41) is 3.32. The number of hydrogen-bond donors (Lipinski definition) is 1. The van der Waals surface area contributed by atoms with Crippen molar-refractivity contribution in [1.29, 1.82) is 0 Å². The smallest absolute Gasteiger partial charge is 0.236 e. The number of piperazine rings is 1. The van der Waals surface area contributed by atoms with Crippen LogP contribution in [0.5, 0.6) is 0 Å². The number of hydrogen-bond acceptors (Lipinski definition) is 4. The van der Waals surface area contributed by atoms with Crippen LogP contribution >= 0.6 is 0 Å². The highest BCUT2D eigenvalue weighted by atomic mass is 16.2. The van der Waals surface area contributed by atoms with Crippen LogP contribution in [0.2, 0.25) is 0 Å². The summed E-state index contributed by atoms with van der Waals surface area (Å²) in [5.74, 6) is 0.355. The van der Waals surface area contributed by atoms with E-state index in [4.69, 9.17) is 0 Å². The third kappa shape index (κ3) is 6.91. The summed E-state index contributed by atoms with van der Waals surface area (Å²) in [6.07, 6.45) is 1.46. The first-order valence-electron chi connectivity index (χ1n) is 7.84. The van der Waals surface area contributed by atoms with E-state index in [-0.39, 0.29) is 11.8 Å². The van der Waals surface area contributed by atoms with E-state index in [1.54, 1.807) is 0 Å². The molecule has 2 amide bonds. The number of carbonyl (C=O) groups excluding carboxylic acids is 2. The molecule has 0 aromatic carbocycles. The Morgan fingerprint density at radius 2 is 1.57 bits per heavy atom. The third-order valence-electron chi connectivity index (χ3n) is 3.56. The van der Waals surface area contributed by atoms with Crippen molar-refractivity contribution in [2.24, 2.45) is 0 Å². The molecule has 0 spiro atoms. The van der Waals surface area contributed by atoms with Gasteiger partial charge >= 0.3 is 0 Å². The van der Waals surface area contributed by atoms with Gasteiger partial charge in [-0.25, -0.2) is 0 Å². The largest absolute Gasteiger partial charge is 0.339 e. The number of nitrogens with zero attached hydrogens (tertiary/aromatic N) is 3. The van der Waals surface area contributed by atoms with Crippen LogP contribution in [0.25, 0.3) is 0 Å². The Labute approximate surface area is 128 Å². The van der Waals surface area contributed by atoms with Gasteiger partial charge in [-0.05, 0) is 27.1 Å². The van der Waals surface area contributed by atoms with E-state index < -0.39 is 0 Å². The van der Waals surface area contributed by atoms with Crippen molar-refractivity contribution in [2.45, 2.75) is 32.7 Å². The summed E-state index contributed by atoms with van der Waals surface area (Å²) in [4.78, 5) is 29.6. The summed E-state index contributed by atoms with van der Waals surface area (Å²) in [7, 11) is 3.78. The van der Waals surface area contributed by atoms with Crippen LogP contribution in [0.1, 0.15) is 26.7 Å². The second-order valence-electron chi connectivity index (χ2n) is 6.21. The van der Waals surface area contributed by atoms with Gasteiger partial charge in [0.1, 0.15) is 0 Å². The standard InChI is InChI=1S/C15H30N4O2/c1-13(2)16-7-5-6-14(20)18-8-10-19(11-9-18)15(21)12-17(3)4/h13,16H,5-12H2,1-4H3. The molecule has 0 aliphatic carbocycles. The Bertz CT molecular complexity index is 337. The topological polar surface area (TPSA) is 55.9 Å². The van der Waals surface area contributed by atoms with E-state index in [0.29, 0.717) is 45.2 Å². The molecule has 1 saturated heterocycles. The monoisotopic (exact) mass is 298 g/mol. The molecular weight excluding hydrogens is 268 g/mol. The molecule has 1 aliphatic rings. The highest BCUT2D eigenvalue weighted by Gasteiger charge is 2.23. The lowest BCUT2D eigenvalue weighted by molar-refractivity contribution is -0.139. The molecule has 1 fully saturated rings. The molecule has 0 atom stereocenters. The van der Waals surface area contributed by atoms with E-state index in [2.05, 4.69) is 19.2 Å². The first kappa shape index (κ1) is 17.9. The van der Waals surface area contributed by atoms with E-state index in [0.717, 1.165) is 13.0 Å². The molecule has 0 saturated carbocycles. The summed E-state index contributed by atoms with van der Waals surface area (Å²) in [5.41, 5.74) is 0. The molecule has 1 heterocycles. The van der Waals surface area contributed by atoms with Crippen LogP contribution in [0.3, 0.4) is 0 Å². The molecule has 0 bridgehead atoms. The Morgan fingerprint density at radius 1 is 1.05 bits per heavy atom. The summed E-state index contributed by atoms with van der Waals surface area (Å²) in [6.45, 7) is 8.16. The average molecular weight is 298 g/mol. The van der Waals surface area contributed by atoms with E-state index in [9.17, 15) is 9.59 Å². The lowest BCUT2D eigenvalue weighted by atomic mass is 10.2. The predicted octanol–water partition coefficient (Wildman–Crippen LogP) is -0.00300. The fourth-order valence-corrected chi connectivity index (χ4v) is 2.36. The first-order chi connectivity index (χ1) is 9.90. The first-order valence-corrected chi connectivity index (χ1v) is 7.84. The van der Waals surface area contributed by atoms with Gasteiger partial charge < -0.3 is 20.0 Å². The molecule has 6 nitrogen and oxygen atoms in total. The van der Waals surface area contributed by atoms with Gasteiger partial charge in [-0.1, -0.05) is 13.8 Å². The number of carbonyl (C=O) groups is 2.